The molecule has 2 nitrogen and oxygen atoms in total. The van der Waals surface area contributed by atoms with Crippen LogP contribution in [0, 0.1) is 0 Å². The molecule has 0 aliphatic carbocycles. The molecule has 1 unspecified atom stereocenters. The van der Waals surface area contributed by atoms with Crippen LogP contribution in [-0.2, 0) is 6.42 Å². The van der Waals surface area contributed by atoms with Crippen LogP contribution >= 0.6 is 27.3 Å². The number of nitrogens with one attached hydrogen (secondary N) is 1. The number of thiophene rings is 1. The number of halogens is 1. The van der Waals surface area contributed by atoms with Crippen LogP contribution in [0.3, 0.4) is 0 Å². The first-order chi connectivity index (χ1) is 9.69. The molecule has 20 heavy (non-hydrogen) atoms. The van der Waals surface area contributed by atoms with Gasteiger partial charge < -0.3 is 10.1 Å². The Morgan fingerprint density at radius 2 is 1.95 bits per heavy atom. The largest absolute Gasteiger partial charge is 0.494 e. The Balaban J connectivity index is 1.80. The maximum Gasteiger partial charge on any atom is 0.119 e. The fourth-order valence-electron chi connectivity index (χ4n) is 2.04. The number of hydrogen-bond donors (Lipinski definition) is 1. The smallest absolute Gasteiger partial charge is 0.119 e. The molecule has 0 bridgehead atoms. The van der Waals surface area contributed by atoms with Gasteiger partial charge in [0.15, 0.2) is 0 Å². The summed E-state index contributed by atoms with van der Waals surface area (Å²) in [5.74, 6) is 0.937. The fraction of sp³-hybridized carbons (Fsp3) is 0.375. The summed E-state index contributed by atoms with van der Waals surface area (Å²) >= 11 is 5.30. The zero-order valence-corrected chi connectivity index (χ0v) is 14.3. The van der Waals surface area contributed by atoms with Gasteiger partial charge in [0.2, 0.25) is 0 Å². The van der Waals surface area contributed by atoms with Crippen molar-refractivity contribution in [3.8, 4) is 5.75 Å². The van der Waals surface area contributed by atoms with Crippen LogP contribution in [0.15, 0.2) is 40.2 Å². The third-order valence-electron chi connectivity index (χ3n) is 3.14. The average Bonchev–Trinajstić information content (AvgIpc) is 2.85. The van der Waals surface area contributed by atoms with E-state index in [1.807, 2.05) is 19.1 Å². The van der Waals surface area contributed by atoms with Gasteiger partial charge in [-0.2, -0.15) is 0 Å². The zero-order valence-electron chi connectivity index (χ0n) is 11.9. The predicted octanol–water partition coefficient (Wildman–Crippen LogP) is 4.80. The Kier molecular flexibility index (Phi) is 6.07. The van der Waals surface area contributed by atoms with Crippen molar-refractivity contribution in [2.75, 3.05) is 13.2 Å². The van der Waals surface area contributed by atoms with Crippen molar-refractivity contribution in [2.45, 2.75) is 26.3 Å². The first-order valence-corrected chi connectivity index (χ1v) is 8.50. The van der Waals surface area contributed by atoms with Gasteiger partial charge in [-0.25, -0.2) is 0 Å². The van der Waals surface area contributed by atoms with E-state index < -0.39 is 0 Å². The van der Waals surface area contributed by atoms with Crippen molar-refractivity contribution >= 4 is 27.3 Å². The molecule has 108 valence electrons. The maximum atomic E-state index is 5.46. The van der Waals surface area contributed by atoms with Crippen LogP contribution in [0.2, 0.25) is 0 Å². The standard InChI is InChI=1S/C16H20BrNOS/c1-3-19-14-6-4-13(5-7-14)12(2)18-11-10-15-8-9-16(17)20-15/h4-9,12,18H,3,10-11H2,1-2H3. The molecule has 0 saturated heterocycles. The predicted molar refractivity (Wildman–Crippen MR) is 89.8 cm³/mol. The molecule has 0 aliphatic heterocycles. The lowest BCUT2D eigenvalue weighted by Crippen LogP contribution is -2.21. The van der Waals surface area contributed by atoms with Gasteiger partial charge in [0.05, 0.1) is 10.4 Å². The minimum absolute atomic E-state index is 0.356. The number of ether oxygens (including phenoxy) is 1. The molecule has 0 fully saturated rings. The van der Waals surface area contributed by atoms with Crippen molar-refractivity contribution < 1.29 is 4.74 Å². The second-order valence-electron chi connectivity index (χ2n) is 4.63. The Labute approximate surface area is 133 Å². The second kappa shape index (κ2) is 7.81. The van der Waals surface area contributed by atoms with E-state index >= 15 is 0 Å². The lowest BCUT2D eigenvalue weighted by atomic mass is 10.1. The van der Waals surface area contributed by atoms with Crippen molar-refractivity contribution in [3.05, 3.63) is 50.6 Å². The van der Waals surface area contributed by atoms with E-state index in [1.165, 1.54) is 14.2 Å². The summed E-state index contributed by atoms with van der Waals surface area (Å²) in [7, 11) is 0. The highest BCUT2D eigenvalue weighted by atomic mass is 79.9. The Morgan fingerprint density at radius 3 is 2.55 bits per heavy atom. The van der Waals surface area contributed by atoms with Gasteiger partial charge >= 0.3 is 0 Å². The van der Waals surface area contributed by atoms with Crippen LogP contribution in [0.4, 0.5) is 0 Å². The lowest BCUT2D eigenvalue weighted by Gasteiger charge is -2.14. The molecule has 1 N–H and O–H groups in total. The van der Waals surface area contributed by atoms with Crippen LogP contribution in [0.25, 0.3) is 0 Å². The molecule has 2 rings (SSSR count). The number of benzene rings is 1. The SMILES string of the molecule is CCOc1ccc(C(C)NCCc2ccc(Br)s2)cc1. The van der Waals surface area contributed by atoms with Gasteiger partial charge in [-0.1, -0.05) is 12.1 Å². The molecule has 1 heterocycles. The minimum Gasteiger partial charge on any atom is -0.494 e. The Hall–Kier alpha value is -0.840. The quantitative estimate of drug-likeness (QED) is 0.771. The van der Waals surface area contributed by atoms with E-state index in [9.17, 15) is 0 Å². The normalized spacial score (nSPS) is 12.3. The van der Waals surface area contributed by atoms with Gasteiger partial charge in [0.25, 0.3) is 0 Å². The van der Waals surface area contributed by atoms with E-state index in [1.54, 1.807) is 11.3 Å². The monoisotopic (exact) mass is 353 g/mol. The first-order valence-electron chi connectivity index (χ1n) is 6.89. The highest BCUT2D eigenvalue weighted by molar-refractivity contribution is 9.11. The van der Waals surface area contributed by atoms with Crippen molar-refractivity contribution in [2.24, 2.45) is 0 Å². The zero-order chi connectivity index (χ0) is 14.4. The molecule has 0 aliphatic rings. The summed E-state index contributed by atoms with van der Waals surface area (Å²) in [6.07, 6.45) is 1.07. The Bertz CT molecular complexity index is 524. The summed E-state index contributed by atoms with van der Waals surface area (Å²) in [6, 6.07) is 13.0. The molecular formula is C16H20BrNOS. The summed E-state index contributed by atoms with van der Waals surface area (Å²) in [6.45, 7) is 5.89. The highest BCUT2D eigenvalue weighted by Crippen LogP contribution is 2.22. The van der Waals surface area contributed by atoms with E-state index in [4.69, 9.17) is 4.74 Å². The van der Waals surface area contributed by atoms with Crippen molar-refractivity contribution in [3.63, 3.8) is 0 Å². The lowest BCUT2D eigenvalue weighted by molar-refractivity contribution is 0.340. The second-order valence-corrected chi connectivity index (χ2v) is 7.18. The van der Waals surface area contributed by atoms with Crippen molar-refractivity contribution in [1.29, 1.82) is 0 Å². The molecule has 4 heteroatoms. The molecule has 1 aromatic carbocycles. The maximum absolute atomic E-state index is 5.46. The van der Waals surface area contributed by atoms with Crippen molar-refractivity contribution in [1.82, 2.24) is 5.32 Å². The Morgan fingerprint density at radius 1 is 1.20 bits per heavy atom. The summed E-state index contributed by atoms with van der Waals surface area (Å²) in [5.41, 5.74) is 1.29. The van der Waals surface area contributed by atoms with Gasteiger partial charge in [-0.3, -0.25) is 0 Å². The van der Waals surface area contributed by atoms with Gasteiger partial charge in [0, 0.05) is 17.5 Å². The first kappa shape index (κ1) is 15.5. The molecule has 0 saturated carbocycles. The van der Waals surface area contributed by atoms with Gasteiger partial charge in [-0.15, -0.1) is 11.3 Å². The van der Waals surface area contributed by atoms with Crippen LogP contribution in [0.5, 0.6) is 5.75 Å². The van der Waals surface area contributed by atoms with Crippen LogP contribution in [0.1, 0.15) is 30.3 Å². The average molecular weight is 354 g/mol. The summed E-state index contributed by atoms with van der Waals surface area (Å²) < 4.78 is 6.66. The third-order valence-corrected chi connectivity index (χ3v) is 4.83. The molecule has 1 aromatic heterocycles. The van der Waals surface area contributed by atoms with Crippen LogP contribution in [-0.4, -0.2) is 13.2 Å². The molecular weight excluding hydrogens is 334 g/mol. The summed E-state index contributed by atoms with van der Waals surface area (Å²) in [4.78, 5) is 1.41. The van der Waals surface area contributed by atoms with E-state index in [0.29, 0.717) is 12.6 Å². The molecule has 0 radical (unpaired) electrons. The molecule has 0 amide bonds. The minimum atomic E-state index is 0.356. The topological polar surface area (TPSA) is 21.3 Å². The third kappa shape index (κ3) is 4.62. The molecule has 0 spiro atoms. The number of rotatable bonds is 7. The van der Waals surface area contributed by atoms with Gasteiger partial charge in [0.1, 0.15) is 5.75 Å². The number of hydrogen-bond acceptors (Lipinski definition) is 3. The molecule has 1 atom stereocenters. The highest BCUT2D eigenvalue weighted by Gasteiger charge is 2.05. The fourth-order valence-corrected chi connectivity index (χ4v) is 3.52. The van der Waals surface area contributed by atoms with E-state index in [0.717, 1.165) is 18.7 Å². The summed E-state index contributed by atoms with van der Waals surface area (Å²) in [5, 5.41) is 3.56. The van der Waals surface area contributed by atoms with Gasteiger partial charge in [-0.05, 0) is 66.0 Å². The van der Waals surface area contributed by atoms with Crippen LogP contribution < -0.4 is 10.1 Å². The van der Waals surface area contributed by atoms with E-state index in [2.05, 4.69) is 52.4 Å². The van der Waals surface area contributed by atoms with E-state index in [-0.39, 0.29) is 0 Å². The molecule has 2 aromatic rings.